The van der Waals surface area contributed by atoms with Crippen molar-refractivity contribution in [3.05, 3.63) is 59.2 Å². The third-order valence-corrected chi connectivity index (χ3v) is 6.52. The van der Waals surface area contributed by atoms with Gasteiger partial charge in [0.05, 0.1) is 27.9 Å². The van der Waals surface area contributed by atoms with E-state index in [-0.39, 0.29) is 29.9 Å². The van der Waals surface area contributed by atoms with Gasteiger partial charge in [-0.25, -0.2) is 4.79 Å². The maximum absolute atomic E-state index is 13.5. The normalized spacial score (nSPS) is 15.0. The highest BCUT2D eigenvalue weighted by molar-refractivity contribution is 7.80. The van der Waals surface area contributed by atoms with Gasteiger partial charge in [-0.05, 0) is 75.7 Å². The van der Waals surface area contributed by atoms with Gasteiger partial charge in [0.2, 0.25) is 0 Å². The number of benzene rings is 2. The topological polar surface area (TPSA) is 109 Å². The van der Waals surface area contributed by atoms with E-state index in [1.807, 2.05) is 0 Å². The molecule has 3 rings (SSSR count). The minimum absolute atomic E-state index is 0.0370. The van der Waals surface area contributed by atoms with E-state index in [2.05, 4.69) is 16.0 Å². The molecule has 0 bridgehead atoms. The average Bonchev–Trinajstić information content (AvgIpc) is 2.80. The number of nitrogen functional groups attached to an aromatic ring is 1. The van der Waals surface area contributed by atoms with Crippen molar-refractivity contribution in [2.75, 3.05) is 30.7 Å². The van der Waals surface area contributed by atoms with Gasteiger partial charge in [0, 0.05) is 19.6 Å². The molecule has 2 amide bonds. The second-order valence-electron chi connectivity index (χ2n) is 10.7. The molecule has 0 saturated carbocycles. The lowest BCUT2D eigenvalue weighted by atomic mass is 9.91. The van der Waals surface area contributed by atoms with E-state index in [0.29, 0.717) is 30.0 Å². The number of amides is 2. The van der Waals surface area contributed by atoms with Gasteiger partial charge < -0.3 is 31.3 Å². The van der Waals surface area contributed by atoms with Gasteiger partial charge in [-0.15, -0.1) is 0 Å². The molecule has 0 spiro atoms. The van der Waals surface area contributed by atoms with Crippen LogP contribution in [0.4, 0.5) is 29.3 Å². The number of hydrogen-bond donors (Lipinski definition) is 4. The molecule has 1 unspecified atom stereocenters. The molecular weight excluding hydrogens is 531 g/mol. The molecule has 1 heterocycles. The first-order chi connectivity index (χ1) is 18.1. The van der Waals surface area contributed by atoms with Crippen molar-refractivity contribution in [3.8, 4) is 0 Å². The van der Waals surface area contributed by atoms with E-state index in [0.717, 1.165) is 18.6 Å². The molecule has 5 N–H and O–H groups in total. The van der Waals surface area contributed by atoms with Gasteiger partial charge in [-0.3, -0.25) is 4.79 Å². The van der Waals surface area contributed by atoms with Crippen molar-refractivity contribution in [3.63, 3.8) is 0 Å². The van der Waals surface area contributed by atoms with E-state index in [1.165, 1.54) is 12.1 Å². The Bertz CT molecular complexity index is 1230. The molecule has 1 aliphatic rings. The molecule has 12 heteroatoms. The average molecular weight is 566 g/mol. The van der Waals surface area contributed by atoms with Gasteiger partial charge in [-0.1, -0.05) is 24.3 Å². The summed E-state index contributed by atoms with van der Waals surface area (Å²) in [6, 6.07) is 9.73. The number of likely N-dealkylation sites (tertiary alicyclic amines) is 1. The Labute approximate surface area is 231 Å². The van der Waals surface area contributed by atoms with Crippen LogP contribution in [0.1, 0.15) is 50.8 Å². The number of carbonyl (C=O) groups excluding carboxylic acids is 2. The fourth-order valence-electron chi connectivity index (χ4n) is 3.77. The maximum Gasteiger partial charge on any atom is 0.416 e. The van der Waals surface area contributed by atoms with Crippen LogP contribution >= 0.6 is 12.2 Å². The number of anilines is 2. The Morgan fingerprint density at radius 3 is 2.28 bits per heavy atom. The van der Waals surface area contributed by atoms with Crippen LogP contribution in [0, 0.1) is 5.41 Å². The molecule has 1 aliphatic heterocycles. The summed E-state index contributed by atoms with van der Waals surface area (Å²) < 4.78 is 45.9. The standard InChI is InChI=1S/C27H34F3N5O3S/c1-25(2,3)22(36)38-16-26(4,18-9-6-10-19(14-18)27(28,29)30)34-23(39)33-21-17(8-5-11-20(21)31)15-32-24(37)35-12-7-13-35/h5-6,8-11,14H,7,12-13,15-16,31H2,1-4H3,(H,32,37)(H2,33,34,39). The van der Waals surface area contributed by atoms with Crippen molar-refractivity contribution in [1.29, 1.82) is 0 Å². The predicted molar refractivity (Wildman–Crippen MR) is 148 cm³/mol. The number of nitrogens with zero attached hydrogens (tertiary/aromatic N) is 1. The van der Waals surface area contributed by atoms with Gasteiger partial charge in [0.1, 0.15) is 6.61 Å². The quantitative estimate of drug-likeness (QED) is 0.213. The molecular formula is C27H34F3N5O3S. The minimum Gasteiger partial charge on any atom is -0.462 e. The molecule has 0 radical (unpaired) electrons. The van der Waals surface area contributed by atoms with Crippen molar-refractivity contribution >= 4 is 40.7 Å². The first-order valence-electron chi connectivity index (χ1n) is 12.4. The Morgan fingerprint density at radius 2 is 1.69 bits per heavy atom. The van der Waals surface area contributed by atoms with Crippen molar-refractivity contribution in [2.45, 2.75) is 52.4 Å². The number of urea groups is 1. The van der Waals surface area contributed by atoms with Crippen LogP contribution in [0.5, 0.6) is 0 Å². The van der Waals surface area contributed by atoms with Gasteiger partial charge >= 0.3 is 18.2 Å². The van der Waals surface area contributed by atoms with E-state index >= 15 is 0 Å². The molecule has 0 aromatic heterocycles. The second-order valence-corrected chi connectivity index (χ2v) is 11.1. The summed E-state index contributed by atoms with van der Waals surface area (Å²) in [7, 11) is 0. The number of ether oxygens (including phenoxy) is 1. The number of thiocarbonyl (C=S) groups is 1. The molecule has 1 fully saturated rings. The summed E-state index contributed by atoms with van der Waals surface area (Å²) in [6.45, 7) is 7.92. The van der Waals surface area contributed by atoms with Gasteiger partial charge in [0.25, 0.3) is 0 Å². The number of carbonyl (C=O) groups is 2. The monoisotopic (exact) mass is 565 g/mol. The molecule has 2 aromatic carbocycles. The van der Waals surface area contributed by atoms with Gasteiger partial charge in [-0.2, -0.15) is 13.2 Å². The van der Waals surface area contributed by atoms with Crippen LogP contribution in [-0.2, 0) is 27.8 Å². The number of para-hydroxylation sites is 1. The minimum atomic E-state index is -4.56. The summed E-state index contributed by atoms with van der Waals surface area (Å²) >= 11 is 5.53. The lowest BCUT2D eigenvalue weighted by Crippen LogP contribution is -2.49. The van der Waals surface area contributed by atoms with Crippen LogP contribution in [0.25, 0.3) is 0 Å². The zero-order chi connectivity index (χ0) is 29.0. The Balaban J connectivity index is 1.84. The molecule has 8 nitrogen and oxygen atoms in total. The van der Waals surface area contributed by atoms with Crippen molar-refractivity contribution < 1.29 is 27.5 Å². The first kappa shape index (κ1) is 30.0. The maximum atomic E-state index is 13.5. The summed E-state index contributed by atoms with van der Waals surface area (Å²) in [5.74, 6) is -0.520. The van der Waals surface area contributed by atoms with Crippen LogP contribution in [0.15, 0.2) is 42.5 Å². The number of hydrogen-bond acceptors (Lipinski definition) is 5. The third-order valence-electron chi connectivity index (χ3n) is 6.32. The fraction of sp³-hybridized carbons (Fsp3) is 0.444. The lowest BCUT2D eigenvalue weighted by Gasteiger charge is -2.34. The van der Waals surface area contributed by atoms with E-state index in [1.54, 1.807) is 50.8 Å². The molecule has 1 saturated heterocycles. The Kier molecular flexibility index (Phi) is 8.99. The van der Waals surface area contributed by atoms with E-state index in [4.69, 9.17) is 22.7 Å². The largest absolute Gasteiger partial charge is 0.462 e. The summed E-state index contributed by atoms with van der Waals surface area (Å²) in [5.41, 5.74) is 4.87. The molecule has 1 atom stereocenters. The smallest absolute Gasteiger partial charge is 0.416 e. The van der Waals surface area contributed by atoms with E-state index < -0.39 is 28.7 Å². The van der Waals surface area contributed by atoms with E-state index in [9.17, 15) is 22.8 Å². The Hall–Kier alpha value is -3.54. The SMILES string of the molecule is CC(C)(C)C(=O)OCC(C)(NC(=S)Nc1c(N)cccc1CNC(=O)N1CCC1)c1cccc(C(F)(F)F)c1. The number of esters is 1. The summed E-state index contributed by atoms with van der Waals surface area (Å²) in [6.07, 6.45) is -3.60. The lowest BCUT2D eigenvalue weighted by molar-refractivity contribution is -0.155. The number of nitrogens with two attached hydrogens (primary N) is 1. The highest BCUT2D eigenvalue weighted by Gasteiger charge is 2.36. The molecule has 212 valence electrons. The summed E-state index contributed by atoms with van der Waals surface area (Å²) in [5, 5.41) is 8.92. The third kappa shape index (κ3) is 7.75. The highest BCUT2D eigenvalue weighted by Crippen LogP contribution is 2.33. The zero-order valence-electron chi connectivity index (χ0n) is 22.4. The van der Waals surface area contributed by atoms with Crippen LogP contribution in [-0.4, -0.2) is 41.7 Å². The van der Waals surface area contributed by atoms with Crippen molar-refractivity contribution in [1.82, 2.24) is 15.5 Å². The van der Waals surface area contributed by atoms with Crippen molar-refractivity contribution in [2.24, 2.45) is 5.41 Å². The number of halogens is 3. The van der Waals surface area contributed by atoms with Crippen LogP contribution in [0.3, 0.4) is 0 Å². The fourth-order valence-corrected chi connectivity index (χ4v) is 4.10. The summed E-state index contributed by atoms with van der Waals surface area (Å²) in [4.78, 5) is 26.4. The second kappa shape index (κ2) is 11.7. The molecule has 0 aliphatic carbocycles. The molecule has 2 aromatic rings. The molecule has 39 heavy (non-hydrogen) atoms. The number of alkyl halides is 3. The number of nitrogens with one attached hydrogen (secondary N) is 3. The van der Waals surface area contributed by atoms with Crippen LogP contribution < -0.4 is 21.7 Å². The first-order valence-corrected chi connectivity index (χ1v) is 12.9. The number of rotatable bonds is 7. The highest BCUT2D eigenvalue weighted by atomic mass is 32.1. The Morgan fingerprint density at radius 1 is 1.05 bits per heavy atom. The zero-order valence-corrected chi connectivity index (χ0v) is 23.2. The van der Waals surface area contributed by atoms with Crippen LogP contribution in [0.2, 0.25) is 0 Å². The van der Waals surface area contributed by atoms with Gasteiger partial charge in [0.15, 0.2) is 5.11 Å². The predicted octanol–water partition coefficient (Wildman–Crippen LogP) is 4.99.